The number of hydrogen-bond donors (Lipinski definition) is 2. The standard InChI is InChI=1S/C5H8F4O4S.HI/c6-4(7,2-1-3-10)5(8,9)14(11,12)13;/h10H,1-3H2,(H,11,12,13);1H. The van der Waals surface area contributed by atoms with E-state index in [-0.39, 0.29) is 24.0 Å². The molecule has 0 unspecified atom stereocenters. The topological polar surface area (TPSA) is 74.6 Å². The maximum Gasteiger partial charge on any atom is 0.431 e. The molecule has 15 heavy (non-hydrogen) atoms. The first-order valence-electron chi connectivity index (χ1n) is 3.40. The highest BCUT2D eigenvalue weighted by atomic mass is 127. The summed E-state index contributed by atoms with van der Waals surface area (Å²) in [6.07, 6.45) is -2.23. The lowest BCUT2D eigenvalue weighted by molar-refractivity contribution is -0.165. The fourth-order valence-corrected chi connectivity index (χ4v) is 1.11. The molecule has 0 aliphatic carbocycles. The molecule has 0 amide bonds. The van der Waals surface area contributed by atoms with Crippen molar-refractivity contribution in [3.63, 3.8) is 0 Å². The zero-order chi connectivity index (χ0) is 11.6. The van der Waals surface area contributed by atoms with Crippen molar-refractivity contribution < 1.29 is 35.6 Å². The largest absolute Gasteiger partial charge is 0.431 e. The molecule has 0 aliphatic rings. The summed E-state index contributed by atoms with van der Waals surface area (Å²) in [6, 6.07) is 0. The van der Waals surface area contributed by atoms with Crippen LogP contribution in [0.5, 0.6) is 0 Å². The first-order chi connectivity index (χ1) is 6.06. The van der Waals surface area contributed by atoms with Gasteiger partial charge in [0, 0.05) is 13.0 Å². The average Bonchev–Trinajstić information content (AvgIpc) is 1.98. The molecule has 0 heterocycles. The molecular formula is C5H9F4IO4S. The summed E-state index contributed by atoms with van der Waals surface area (Å²) in [6.45, 7) is -0.781. The molecule has 0 fully saturated rings. The summed E-state index contributed by atoms with van der Waals surface area (Å²) in [5.41, 5.74) is 0. The molecule has 2 N–H and O–H groups in total. The summed E-state index contributed by atoms with van der Waals surface area (Å²) in [5.74, 6) is -4.90. The van der Waals surface area contributed by atoms with Crippen LogP contribution >= 0.6 is 24.0 Å². The summed E-state index contributed by atoms with van der Waals surface area (Å²) >= 11 is 0. The Hall–Kier alpha value is 0.320. The number of halogens is 5. The highest BCUT2D eigenvalue weighted by Crippen LogP contribution is 2.41. The third-order valence-corrected chi connectivity index (χ3v) is 2.35. The molecule has 4 nitrogen and oxygen atoms in total. The summed E-state index contributed by atoms with van der Waals surface area (Å²) < 4.78 is 77.4. The van der Waals surface area contributed by atoms with Crippen molar-refractivity contribution in [3.8, 4) is 0 Å². The minimum atomic E-state index is -6.16. The number of rotatable bonds is 5. The predicted octanol–water partition coefficient (Wildman–Crippen LogP) is 1.49. The fraction of sp³-hybridized carbons (Fsp3) is 1.00. The fourth-order valence-electron chi connectivity index (χ4n) is 0.635. The first kappa shape index (κ1) is 17.7. The maximum absolute atomic E-state index is 12.5. The van der Waals surface area contributed by atoms with Crippen molar-refractivity contribution in [3.05, 3.63) is 0 Å². The number of hydrogen-bond acceptors (Lipinski definition) is 3. The Morgan fingerprint density at radius 2 is 1.53 bits per heavy atom. The second-order valence-electron chi connectivity index (χ2n) is 2.52. The molecule has 0 saturated heterocycles. The van der Waals surface area contributed by atoms with Gasteiger partial charge in [0.15, 0.2) is 0 Å². The minimum absolute atomic E-state index is 0. The molecule has 10 heteroatoms. The Morgan fingerprint density at radius 3 is 1.80 bits per heavy atom. The lowest BCUT2D eigenvalue weighted by atomic mass is 10.2. The molecule has 0 atom stereocenters. The van der Waals surface area contributed by atoms with Crippen molar-refractivity contribution in [2.75, 3.05) is 6.61 Å². The van der Waals surface area contributed by atoms with Gasteiger partial charge < -0.3 is 5.11 Å². The van der Waals surface area contributed by atoms with Gasteiger partial charge in [-0.05, 0) is 6.42 Å². The van der Waals surface area contributed by atoms with E-state index in [4.69, 9.17) is 9.66 Å². The van der Waals surface area contributed by atoms with Crippen molar-refractivity contribution in [2.24, 2.45) is 0 Å². The zero-order valence-electron chi connectivity index (χ0n) is 7.16. The Morgan fingerprint density at radius 1 is 1.13 bits per heavy atom. The van der Waals surface area contributed by atoms with Gasteiger partial charge in [0.05, 0.1) is 0 Å². The molecular weight excluding hydrogens is 359 g/mol. The SMILES string of the molecule is I.O=S(=O)(O)C(F)(F)C(F)(F)CCCO. The highest BCUT2D eigenvalue weighted by Gasteiger charge is 2.64. The van der Waals surface area contributed by atoms with Gasteiger partial charge in [-0.25, -0.2) is 0 Å². The monoisotopic (exact) mass is 368 g/mol. The Kier molecular flexibility index (Phi) is 6.60. The van der Waals surface area contributed by atoms with Crippen LogP contribution in [0.15, 0.2) is 0 Å². The summed E-state index contributed by atoms with van der Waals surface area (Å²) in [7, 11) is -6.16. The molecule has 0 spiro atoms. The van der Waals surface area contributed by atoms with Crippen LogP contribution < -0.4 is 0 Å². The van der Waals surface area contributed by atoms with Crippen LogP contribution in [0.4, 0.5) is 17.6 Å². The van der Waals surface area contributed by atoms with Gasteiger partial charge in [0.2, 0.25) is 0 Å². The van der Waals surface area contributed by atoms with Gasteiger partial charge in [-0.1, -0.05) is 0 Å². The maximum atomic E-state index is 12.5. The van der Waals surface area contributed by atoms with Crippen LogP contribution in [0.25, 0.3) is 0 Å². The van der Waals surface area contributed by atoms with Crippen LogP contribution in [-0.4, -0.2) is 35.9 Å². The van der Waals surface area contributed by atoms with Crippen molar-refractivity contribution in [1.29, 1.82) is 0 Å². The van der Waals surface area contributed by atoms with Crippen LogP contribution in [0.3, 0.4) is 0 Å². The molecule has 0 bridgehead atoms. The van der Waals surface area contributed by atoms with Gasteiger partial charge in [0.1, 0.15) is 0 Å². The molecule has 0 aromatic rings. The molecule has 0 aromatic carbocycles. The first-order valence-corrected chi connectivity index (χ1v) is 4.84. The summed E-state index contributed by atoms with van der Waals surface area (Å²) in [5, 5.41) is 2.58. The molecule has 0 saturated carbocycles. The van der Waals surface area contributed by atoms with Gasteiger partial charge in [-0.15, -0.1) is 24.0 Å². The Labute approximate surface area is 100 Å². The van der Waals surface area contributed by atoms with Crippen molar-refractivity contribution in [1.82, 2.24) is 0 Å². The molecule has 94 valence electrons. The van der Waals surface area contributed by atoms with E-state index in [1.54, 1.807) is 0 Å². The normalized spacial score (nSPS) is 13.5. The lowest BCUT2D eigenvalue weighted by Gasteiger charge is -2.23. The van der Waals surface area contributed by atoms with Crippen LogP contribution in [0, 0.1) is 0 Å². The van der Waals surface area contributed by atoms with Gasteiger partial charge in [-0.2, -0.15) is 26.0 Å². The van der Waals surface area contributed by atoms with Crippen molar-refractivity contribution >= 4 is 34.1 Å². The van der Waals surface area contributed by atoms with Crippen molar-refractivity contribution in [2.45, 2.75) is 24.0 Å². The number of aliphatic hydroxyl groups is 1. The van der Waals surface area contributed by atoms with E-state index in [2.05, 4.69) is 0 Å². The third kappa shape index (κ3) is 4.00. The van der Waals surface area contributed by atoms with E-state index >= 15 is 0 Å². The number of aliphatic hydroxyl groups excluding tert-OH is 1. The van der Waals surface area contributed by atoms with Crippen LogP contribution in [0.1, 0.15) is 12.8 Å². The van der Waals surface area contributed by atoms with E-state index in [0.29, 0.717) is 0 Å². The van der Waals surface area contributed by atoms with Crippen LogP contribution in [0.2, 0.25) is 0 Å². The third-order valence-electron chi connectivity index (χ3n) is 1.40. The lowest BCUT2D eigenvalue weighted by Crippen LogP contribution is -2.46. The van der Waals surface area contributed by atoms with E-state index < -0.39 is 40.7 Å². The van der Waals surface area contributed by atoms with E-state index in [1.807, 2.05) is 0 Å². The van der Waals surface area contributed by atoms with E-state index in [1.165, 1.54) is 0 Å². The second kappa shape index (κ2) is 5.59. The number of alkyl halides is 4. The molecule has 0 radical (unpaired) electrons. The second-order valence-corrected chi connectivity index (χ2v) is 3.99. The molecule has 0 rings (SSSR count). The average molecular weight is 368 g/mol. The minimum Gasteiger partial charge on any atom is -0.396 e. The Balaban J connectivity index is 0. The van der Waals surface area contributed by atoms with E-state index in [9.17, 15) is 26.0 Å². The summed E-state index contributed by atoms with van der Waals surface area (Å²) in [4.78, 5) is 0. The molecule has 0 aromatic heterocycles. The Bertz CT molecular complexity index is 291. The van der Waals surface area contributed by atoms with Gasteiger partial charge in [-0.3, -0.25) is 4.55 Å². The predicted molar refractivity (Wildman–Crippen MR) is 53.2 cm³/mol. The quantitative estimate of drug-likeness (QED) is 0.438. The van der Waals surface area contributed by atoms with Gasteiger partial charge >= 0.3 is 21.3 Å². The zero-order valence-corrected chi connectivity index (χ0v) is 10.3. The van der Waals surface area contributed by atoms with Crippen LogP contribution in [-0.2, 0) is 10.1 Å². The van der Waals surface area contributed by atoms with E-state index in [0.717, 1.165) is 0 Å². The smallest absolute Gasteiger partial charge is 0.396 e. The highest BCUT2D eigenvalue weighted by molar-refractivity contribution is 14.0. The van der Waals surface area contributed by atoms with Gasteiger partial charge in [0.25, 0.3) is 0 Å². The molecule has 0 aliphatic heterocycles.